The van der Waals surface area contributed by atoms with Gasteiger partial charge in [-0.1, -0.05) is 26.8 Å². The first kappa shape index (κ1) is 15.2. The van der Waals surface area contributed by atoms with Crippen LogP contribution in [-0.2, 0) is 10.2 Å². The molecule has 1 heterocycles. The third kappa shape index (κ3) is 3.26. The summed E-state index contributed by atoms with van der Waals surface area (Å²) in [7, 11) is 1.75. The van der Waals surface area contributed by atoms with Gasteiger partial charge in [-0.05, 0) is 37.0 Å². The van der Waals surface area contributed by atoms with Crippen LogP contribution in [0, 0.1) is 0 Å². The fraction of sp³-hybridized carbons (Fsp3) is 0.647. The van der Waals surface area contributed by atoms with Gasteiger partial charge in [0.2, 0.25) is 0 Å². The SMILES string of the molecule is COc1cc(C(C)(C)C)ccc1N1CCOC(C)(C)C1. The molecule has 0 bridgehead atoms. The number of methoxy groups -OCH3 is 1. The van der Waals surface area contributed by atoms with Gasteiger partial charge in [0.25, 0.3) is 0 Å². The van der Waals surface area contributed by atoms with E-state index in [0.717, 1.165) is 31.1 Å². The van der Waals surface area contributed by atoms with Gasteiger partial charge < -0.3 is 14.4 Å². The zero-order valence-electron chi connectivity index (χ0n) is 13.6. The lowest BCUT2D eigenvalue weighted by atomic mass is 9.86. The molecule has 0 atom stereocenters. The van der Waals surface area contributed by atoms with Crippen LogP contribution in [0.1, 0.15) is 40.2 Å². The first-order valence-corrected chi connectivity index (χ1v) is 7.30. The number of ether oxygens (including phenoxy) is 2. The van der Waals surface area contributed by atoms with Crippen LogP contribution < -0.4 is 9.64 Å². The average molecular weight is 277 g/mol. The van der Waals surface area contributed by atoms with Gasteiger partial charge in [-0.2, -0.15) is 0 Å². The molecule has 112 valence electrons. The predicted molar refractivity (Wildman–Crippen MR) is 83.9 cm³/mol. The Bertz CT molecular complexity index is 474. The van der Waals surface area contributed by atoms with Crippen molar-refractivity contribution in [2.45, 2.75) is 45.6 Å². The number of rotatable bonds is 2. The number of hydrogen-bond acceptors (Lipinski definition) is 3. The molecule has 1 aromatic carbocycles. The second-order valence-electron chi connectivity index (χ2n) is 7.17. The van der Waals surface area contributed by atoms with Gasteiger partial charge in [-0.15, -0.1) is 0 Å². The molecule has 1 aliphatic rings. The van der Waals surface area contributed by atoms with E-state index in [4.69, 9.17) is 9.47 Å². The number of nitrogens with zero attached hydrogens (tertiary/aromatic N) is 1. The molecule has 0 N–H and O–H groups in total. The van der Waals surface area contributed by atoms with Crippen molar-refractivity contribution >= 4 is 5.69 Å². The standard InChI is InChI=1S/C17H27NO2/c1-16(2,3)13-7-8-14(15(11-13)19-6)18-9-10-20-17(4,5)12-18/h7-8,11H,9-10,12H2,1-6H3. The highest BCUT2D eigenvalue weighted by Gasteiger charge is 2.29. The quantitative estimate of drug-likeness (QED) is 0.824. The maximum absolute atomic E-state index is 5.79. The van der Waals surface area contributed by atoms with E-state index >= 15 is 0 Å². The van der Waals surface area contributed by atoms with Crippen LogP contribution in [0.3, 0.4) is 0 Å². The van der Waals surface area contributed by atoms with E-state index in [0.29, 0.717) is 0 Å². The van der Waals surface area contributed by atoms with Crippen molar-refractivity contribution in [3.8, 4) is 5.75 Å². The summed E-state index contributed by atoms with van der Waals surface area (Å²) in [6, 6.07) is 6.55. The van der Waals surface area contributed by atoms with Gasteiger partial charge in [-0.25, -0.2) is 0 Å². The van der Waals surface area contributed by atoms with Crippen molar-refractivity contribution < 1.29 is 9.47 Å². The number of anilines is 1. The molecule has 1 aliphatic heterocycles. The van der Waals surface area contributed by atoms with Crippen LogP contribution in [-0.4, -0.2) is 32.4 Å². The molecule has 20 heavy (non-hydrogen) atoms. The summed E-state index contributed by atoms with van der Waals surface area (Å²) in [6.07, 6.45) is 0. The Labute approximate surface area is 122 Å². The highest BCUT2D eigenvalue weighted by molar-refractivity contribution is 5.61. The molecule has 2 rings (SSSR count). The molecule has 0 spiro atoms. The normalized spacial score (nSPS) is 19.0. The molecule has 0 amide bonds. The number of morpholine rings is 1. The molecule has 0 saturated carbocycles. The van der Waals surface area contributed by atoms with Crippen LogP contribution >= 0.6 is 0 Å². The molecule has 3 nitrogen and oxygen atoms in total. The van der Waals surface area contributed by atoms with Crippen LogP contribution in [0.2, 0.25) is 0 Å². The summed E-state index contributed by atoms with van der Waals surface area (Å²) in [5.41, 5.74) is 2.49. The van der Waals surface area contributed by atoms with Crippen LogP contribution in [0.25, 0.3) is 0 Å². The summed E-state index contributed by atoms with van der Waals surface area (Å²) in [4.78, 5) is 2.36. The minimum Gasteiger partial charge on any atom is -0.495 e. The van der Waals surface area contributed by atoms with Crippen molar-refractivity contribution in [1.29, 1.82) is 0 Å². The first-order chi connectivity index (χ1) is 9.23. The molecule has 1 fully saturated rings. The van der Waals surface area contributed by atoms with Crippen molar-refractivity contribution in [3.05, 3.63) is 23.8 Å². The number of hydrogen-bond donors (Lipinski definition) is 0. The lowest BCUT2D eigenvalue weighted by Crippen LogP contribution is -2.48. The molecule has 0 unspecified atom stereocenters. The second kappa shape index (κ2) is 5.28. The van der Waals surface area contributed by atoms with E-state index in [2.05, 4.69) is 57.7 Å². The molecular formula is C17H27NO2. The smallest absolute Gasteiger partial charge is 0.142 e. The van der Waals surface area contributed by atoms with Crippen molar-refractivity contribution in [1.82, 2.24) is 0 Å². The number of benzene rings is 1. The van der Waals surface area contributed by atoms with Crippen molar-refractivity contribution in [2.24, 2.45) is 0 Å². The highest BCUT2D eigenvalue weighted by atomic mass is 16.5. The zero-order chi connectivity index (χ0) is 15.0. The van der Waals surface area contributed by atoms with E-state index in [-0.39, 0.29) is 11.0 Å². The van der Waals surface area contributed by atoms with Gasteiger partial charge in [0.15, 0.2) is 0 Å². The summed E-state index contributed by atoms with van der Waals surface area (Å²) in [5.74, 6) is 0.954. The average Bonchev–Trinajstić information content (AvgIpc) is 2.35. The van der Waals surface area contributed by atoms with E-state index < -0.39 is 0 Å². The minimum absolute atomic E-state index is 0.105. The minimum atomic E-state index is -0.105. The van der Waals surface area contributed by atoms with E-state index in [1.165, 1.54) is 5.56 Å². The Morgan fingerprint density at radius 3 is 2.50 bits per heavy atom. The van der Waals surface area contributed by atoms with Gasteiger partial charge in [0.1, 0.15) is 5.75 Å². The molecule has 1 aromatic rings. The first-order valence-electron chi connectivity index (χ1n) is 7.30. The monoisotopic (exact) mass is 277 g/mol. The van der Waals surface area contributed by atoms with Crippen LogP contribution in [0.5, 0.6) is 5.75 Å². The van der Waals surface area contributed by atoms with Gasteiger partial charge in [0, 0.05) is 13.1 Å². The van der Waals surface area contributed by atoms with E-state index in [1.54, 1.807) is 7.11 Å². The topological polar surface area (TPSA) is 21.7 Å². The molecule has 3 heteroatoms. The van der Waals surface area contributed by atoms with Gasteiger partial charge in [0.05, 0.1) is 25.0 Å². The lowest BCUT2D eigenvalue weighted by Gasteiger charge is -2.40. The highest BCUT2D eigenvalue weighted by Crippen LogP contribution is 2.35. The van der Waals surface area contributed by atoms with E-state index in [9.17, 15) is 0 Å². The maximum Gasteiger partial charge on any atom is 0.142 e. The largest absolute Gasteiger partial charge is 0.495 e. The Kier molecular flexibility index (Phi) is 4.01. The Morgan fingerprint density at radius 1 is 1.25 bits per heavy atom. The molecule has 0 aromatic heterocycles. The fourth-order valence-corrected chi connectivity index (χ4v) is 2.63. The Balaban J connectivity index is 2.32. The Hall–Kier alpha value is -1.22. The summed E-state index contributed by atoms with van der Waals surface area (Å²) < 4.78 is 11.4. The molecule has 0 aliphatic carbocycles. The third-order valence-electron chi connectivity index (χ3n) is 3.81. The van der Waals surface area contributed by atoms with Crippen LogP contribution in [0.4, 0.5) is 5.69 Å². The van der Waals surface area contributed by atoms with E-state index in [1.807, 2.05) is 0 Å². The zero-order valence-corrected chi connectivity index (χ0v) is 13.6. The Morgan fingerprint density at radius 2 is 1.95 bits per heavy atom. The summed E-state index contributed by atoms with van der Waals surface area (Å²) >= 11 is 0. The second-order valence-corrected chi connectivity index (χ2v) is 7.17. The molecular weight excluding hydrogens is 250 g/mol. The predicted octanol–water partition coefficient (Wildman–Crippen LogP) is 3.61. The van der Waals surface area contributed by atoms with Gasteiger partial charge >= 0.3 is 0 Å². The lowest BCUT2D eigenvalue weighted by molar-refractivity contribution is -0.0277. The maximum atomic E-state index is 5.79. The third-order valence-corrected chi connectivity index (χ3v) is 3.81. The molecule has 0 radical (unpaired) electrons. The van der Waals surface area contributed by atoms with Crippen molar-refractivity contribution in [3.63, 3.8) is 0 Å². The fourth-order valence-electron chi connectivity index (χ4n) is 2.63. The van der Waals surface area contributed by atoms with Crippen molar-refractivity contribution in [2.75, 3.05) is 31.7 Å². The summed E-state index contributed by atoms with van der Waals surface area (Å²) in [6.45, 7) is 13.5. The van der Waals surface area contributed by atoms with Crippen LogP contribution in [0.15, 0.2) is 18.2 Å². The summed E-state index contributed by atoms with van der Waals surface area (Å²) in [5, 5.41) is 0. The molecule has 1 saturated heterocycles. The van der Waals surface area contributed by atoms with Gasteiger partial charge in [-0.3, -0.25) is 0 Å².